The standard InChI is InChI=1S/C15H21NO3/c1-15(18)7-4-8-16(11-15)10-12-5-3-6-13(9-12)14(17)19-2/h3,5-6,9,18H,4,7-8,10-11H2,1-2H3. The number of piperidine rings is 1. The lowest BCUT2D eigenvalue weighted by atomic mass is 9.95. The lowest BCUT2D eigenvalue weighted by Gasteiger charge is -2.36. The van der Waals surface area contributed by atoms with Gasteiger partial charge in [-0.3, -0.25) is 4.90 Å². The van der Waals surface area contributed by atoms with Gasteiger partial charge in [0.15, 0.2) is 0 Å². The van der Waals surface area contributed by atoms with Crippen LogP contribution >= 0.6 is 0 Å². The molecule has 0 aliphatic carbocycles. The van der Waals surface area contributed by atoms with Gasteiger partial charge in [-0.2, -0.15) is 0 Å². The molecule has 1 fully saturated rings. The quantitative estimate of drug-likeness (QED) is 0.845. The Morgan fingerprint density at radius 1 is 1.53 bits per heavy atom. The second-order valence-electron chi connectivity index (χ2n) is 5.50. The number of hydrogen-bond donors (Lipinski definition) is 1. The van der Waals surface area contributed by atoms with Gasteiger partial charge < -0.3 is 9.84 Å². The molecule has 19 heavy (non-hydrogen) atoms. The van der Waals surface area contributed by atoms with E-state index in [1.807, 2.05) is 25.1 Å². The molecule has 1 atom stereocenters. The zero-order chi connectivity index (χ0) is 13.9. The van der Waals surface area contributed by atoms with Crippen LogP contribution in [-0.2, 0) is 11.3 Å². The highest BCUT2D eigenvalue weighted by molar-refractivity contribution is 5.89. The van der Waals surface area contributed by atoms with E-state index in [-0.39, 0.29) is 5.97 Å². The van der Waals surface area contributed by atoms with Gasteiger partial charge in [-0.15, -0.1) is 0 Å². The molecule has 1 aliphatic heterocycles. The number of nitrogens with zero attached hydrogens (tertiary/aromatic N) is 1. The molecule has 0 bridgehead atoms. The summed E-state index contributed by atoms with van der Waals surface area (Å²) in [5.41, 5.74) is 1.04. The number of carbonyl (C=O) groups is 1. The third-order valence-electron chi connectivity index (χ3n) is 3.51. The molecule has 4 nitrogen and oxygen atoms in total. The Morgan fingerprint density at radius 2 is 2.32 bits per heavy atom. The minimum atomic E-state index is -0.599. The summed E-state index contributed by atoms with van der Waals surface area (Å²) in [4.78, 5) is 13.7. The minimum Gasteiger partial charge on any atom is -0.465 e. The summed E-state index contributed by atoms with van der Waals surface area (Å²) >= 11 is 0. The van der Waals surface area contributed by atoms with E-state index in [2.05, 4.69) is 4.90 Å². The van der Waals surface area contributed by atoms with Crippen LogP contribution in [0.15, 0.2) is 24.3 Å². The van der Waals surface area contributed by atoms with Crippen molar-refractivity contribution < 1.29 is 14.6 Å². The van der Waals surface area contributed by atoms with Gasteiger partial charge in [0.05, 0.1) is 18.3 Å². The first-order chi connectivity index (χ1) is 9.00. The van der Waals surface area contributed by atoms with Gasteiger partial charge in [-0.1, -0.05) is 12.1 Å². The molecule has 0 spiro atoms. The number of ether oxygens (including phenoxy) is 1. The first-order valence-corrected chi connectivity index (χ1v) is 6.62. The number of β-amino-alcohol motifs (C(OH)–C–C–N with tert-alkyl or cyclic N) is 1. The normalized spacial score (nSPS) is 24.2. The van der Waals surface area contributed by atoms with E-state index in [1.165, 1.54) is 7.11 Å². The lowest BCUT2D eigenvalue weighted by molar-refractivity contribution is -0.0181. The van der Waals surface area contributed by atoms with Crippen molar-refractivity contribution >= 4 is 5.97 Å². The molecule has 104 valence electrons. The number of benzene rings is 1. The van der Waals surface area contributed by atoms with Crippen molar-refractivity contribution in [2.75, 3.05) is 20.2 Å². The number of methoxy groups -OCH3 is 1. The minimum absolute atomic E-state index is 0.313. The topological polar surface area (TPSA) is 49.8 Å². The third-order valence-corrected chi connectivity index (χ3v) is 3.51. The molecule has 1 unspecified atom stereocenters. The summed E-state index contributed by atoms with van der Waals surface area (Å²) in [6, 6.07) is 7.47. The van der Waals surface area contributed by atoms with Crippen LogP contribution in [0.1, 0.15) is 35.7 Å². The maximum absolute atomic E-state index is 11.5. The van der Waals surface area contributed by atoms with E-state index in [0.717, 1.165) is 31.5 Å². The molecule has 2 rings (SSSR count). The predicted molar refractivity (Wildman–Crippen MR) is 72.9 cm³/mol. The molecule has 0 radical (unpaired) electrons. The number of likely N-dealkylation sites (tertiary alicyclic amines) is 1. The van der Waals surface area contributed by atoms with Crippen LogP contribution in [0.3, 0.4) is 0 Å². The number of hydrogen-bond acceptors (Lipinski definition) is 4. The summed E-state index contributed by atoms with van der Waals surface area (Å²) < 4.78 is 4.72. The fourth-order valence-corrected chi connectivity index (χ4v) is 2.63. The van der Waals surface area contributed by atoms with Gasteiger partial charge in [-0.05, 0) is 44.0 Å². The average molecular weight is 263 g/mol. The van der Waals surface area contributed by atoms with Crippen LogP contribution in [0.4, 0.5) is 0 Å². The Hall–Kier alpha value is -1.39. The van der Waals surface area contributed by atoms with Crippen LogP contribution in [0.5, 0.6) is 0 Å². The highest BCUT2D eigenvalue weighted by Crippen LogP contribution is 2.22. The van der Waals surface area contributed by atoms with E-state index < -0.39 is 5.60 Å². The van der Waals surface area contributed by atoms with Crippen molar-refractivity contribution in [2.24, 2.45) is 0 Å². The van der Waals surface area contributed by atoms with Gasteiger partial charge in [0.25, 0.3) is 0 Å². The SMILES string of the molecule is COC(=O)c1cccc(CN2CCCC(C)(O)C2)c1. The Bertz CT molecular complexity index is 456. The van der Waals surface area contributed by atoms with Crippen molar-refractivity contribution in [3.05, 3.63) is 35.4 Å². The summed E-state index contributed by atoms with van der Waals surface area (Å²) in [5, 5.41) is 10.1. The molecule has 1 aromatic rings. The molecule has 1 saturated heterocycles. The molecule has 1 heterocycles. The second kappa shape index (κ2) is 5.72. The summed E-state index contributed by atoms with van der Waals surface area (Å²) in [6.45, 7) is 4.29. The first-order valence-electron chi connectivity index (χ1n) is 6.62. The molecule has 1 N–H and O–H groups in total. The zero-order valence-corrected chi connectivity index (χ0v) is 11.6. The van der Waals surface area contributed by atoms with Gasteiger partial charge >= 0.3 is 5.97 Å². The zero-order valence-electron chi connectivity index (χ0n) is 11.6. The molecule has 0 saturated carbocycles. The van der Waals surface area contributed by atoms with Crippen LogP contribution in [0.2, 0.25) is 0 Å². The van der Waals surface area contributed by atoms with E-state index in [1.54, 1.807) is 6.07 Å². The van der Waals surface area contributed by atoms with Crippen molar-refractivity contribution in [2.45, 2.75) is 31.9 Å². The Kier molecular flexibility index (Phi) is 4.22. The summed E-state index contributed by atoms with van der Waals surface area (Å²) in [5.74, 6) is -0.313. The van der Waals surface area contributed by atoms with Crippen LogP contribution in [0, 0.1) is 0 Å². The molecule has 0 amide bonds. The monoisotopic (exact) mass is 263 g/mol. The predicted octanol–water partition coefficient (Wildman–Crippen LogP) is 1.82. The largest absolute Gasteiger partial charge is 0.465 e. The van der Waals surface area contributed by atoms with Crippen molar-refractivity contribution in [3.63, 3.8) is 0 Å². The molecule has 0 aromatic heterocycles. The van der Waals surface area contributed by atoms with Crippen molar-refractivity contribution in [1.29, 1.82) is 0 Å². The number of esters is 1. The van der Waals surface area contributed by atoms with E-state index in [4.69, 9.17) is 4.74 Å². The Morgan fingerprint density at radius 3 is 3.00 bits per heavy atom. The highest BCUT2D eigenvalue weighted by atomic mass is 16.5. The Balaban J connectivity index is 2.05. The van der Waals surface area contributed by atoms with E-state index in [9.17, 15) is 9.90 Å². The van der Waals surface area contributed by atoms with Gasteiger partial charge in [0.2, 0.25) is 0 Å². The third kappa shape index (κ3) is 3.78. The highest BCUT2D eigenvalue weighted by Gasteiger charge is 2.28. The summed E-state index contributed by atoms with van der Waals surface area (Å²) in [6.07, 6.45) is 1.86. The number of rotatable bonds is 3. The van der Waals surface area contributed by atoms with Crippen molar-refractivity contribution in [1.82, 2.24) is 4.90 Å². The molecule has 4 heteroatoms. The van der Waals surface area contributed by atoms with Crippen LogP contribution in [-0.4, -0.2) is 41.8 Å². The number of aliphatic hydroxyl groups is 1. The fourth-order valence-electron chi connectivity index (χ4n) is 2.63. The first kappa shape index (κ1) is 14.0. The smallest absolute Gasteiger partial charge is 0.337 e. The van der Waals surface area contributed by atoms with Gasteiger partial charge in [0.1, 0.15) is 0 Å². The van der Waals surface area contributed by atoms with Crippen molar-refractivity contribution in [3.8, 4) is 0 Å². The average Bonchev–Trinajstić information content (AvgIpc) is 2.37. The second-order valence-corrected chi connectivity index (χ2v) is 5.50. The van der Waals surface area contributed by atoms with Crippen LogP contribution < -0.4 is 0 Å². The Labute approximate surface area is 114 Å². The van der Waals surface area contributed by atoms with E-state index in [0.29, 0.717) is 12.1 Å². The maximum Gasteiger partial charge on any atom is 0.337 e. The molecule has 1 aliphatic rings. The molecular weight excluding hydrogens is 242 g/mol. The van der Waals surface area contributed by atoms with Gasteiger partial charge in [-0.25, -0.2) is 4.79 Å². The maximum atomic E-state index is 11.5. The van der Waals surface area contributed by atoms with E-state index >= 15 is 0 Å². The summed E-state index contributed by atoms with van der Waals surface area (Å²) in [7, 11) is 1.39. The van der Waals surface area contributed by atoms with Crippen LogP contribution in [0.25, 0.3) is 0 Å². The lowest BCUT2D eigenvalue weighted by Crippen LogP contribution is -2.45. The fraction of sp³-hybridized carbons (Fsp3) is 0.533. The van der Waals surface area contributed by atoms with Gasteiger partial charge in [0, 0.05) is 13.1 Å². The molecular formula is C15H21NO3. The number of carbonyl (C=O) groups excluding carboxylic acids is 1. The molecule has 1 aromatic carbocycles.